The Hall–Kier alpha value is -1.69. The summed E-state index contributed by atoms with van der Waals surface area (Å²) in [5.74, 6) is 2.36. The molecule has 20 heavy (non-hydrogen) atoms. The number of hydrogen-bond donors (Lipinski definition) is 1. The van der Waals surface area contributed by atoms with Crippen molar-refractivity contribution in [2.24, 2.45) is 7.05 Å². The highest BCUT2D eigenvalue weighted by molar-refractivity contribution is 6.30. The van der Waals surface area contributed by atoms with Gasteiger partial charge in [0.1, 0.15) is 23.1 Å². The molecule has 2 rings (SSSR count). The van der Waals surface area contributed by atoms with Crippen molar-refractivity contribution >= 4 is 17.4 Å². The molecule has 0 saturated heterocycles. The highest BCUT2D eigenvalue weighted by Gasteiger charge is 2.15. The molecular formula is C13H19ClN6. The first kappa shape index (κ1) is 14.7. The van der Waals surface area contributed by atoms with Gasteiger partial charge in [-0.2, -0.15) is 0 Å². The zero-order chi connectivity index (χ0) is 14.7. The van der Waals surface area contributed by atoms with Crippen LogP contribution in [0, 0.1) is 6.92 Å². The maximum absolute atomic E-state index is 6.17. The molecule has 7 heteroatoms. The van der Waals surface area contributed by atoms with Crippen molar-refractivity contribution in [1.82, 2.24) is 24.7 Å². The van der Waals surface area contributed by atoms with Gasteiger partial charge < -0.3 is 9.88 Å². The Morgan fingerprint density at radius 1 is 1.40 bits per heavy atom. The monoisotopic (exact) mass is 294 g/mol. The highest BCUT2D eigenvalue weighted by atomic mass is 35.5. The minimum atomic E-state index is -0.0124. The van der Waals surface area contributed by atoms with Gasteiger partial charge in [0.25, 0.3) is 0 Å². The van der Waals surface area contributed by atoms with E-state index in [1.165, 1.54) is 0 Å². The van der Waals surface area contributed by atoms with Crippen molar-refractivity contribution in [2.45, 2.75) is 39.7 Å². The molecule has 0 aromatic carbocycles. The molecule has 0 aliphatic heterocycles. The van der Waals surface area contributed by atoms with Crippen LogP contribution in [0.4, 0.5) is 5.82 Å². The molecule has 1 atom stereocenters. The SMILES string of the molecule is CCCc1nc(Cl)c(C)c(NC(C)c2nncn2C)n1. The maximum Gasteiger partial charge on any atom is 0.154 e. The molecule has 2 aromatic rings. The van der Waals surface area contributed by atoms with E-state index in [9.17, 15) is 0 Å². The molecule has 0 radical (unpaired) electrons. The summed E-state index contributed by atoms with van der Waals surface area (Å²) in [6.45, 7) is 6.01. The summed E-state index contributed by atoms with van der Waals surface area (Å²) < 4.78 is 1.88. The van der Waals surface area contributed by atoms with Gasteiger partial charge in [-0.25, -0.2) is 9.97 Å². The Morgan fingerprint density at radius 2 is 2.15 bits per heavy atom. The first-order valence-corrected chi connectivity index (χ1v) is 7.04. The van der Waals surface area contributed by atoms with Crippen LogP contribution in [0.5, 0.6) is 0 Å². The third kappa shape index (κ3) is 3.07. The van der Waals surface area contributed by atoms with Crippen molar-refractivity contribution in [3.63, 3.8) is 0 Å². The van der Waals surface area contributed by atoms with E-state index in [2.05, 4.69) is 32.4 Å². The Labute approximate surface area is 123 Å². The lowest BCUT2D eigenvalue weighted by molar-refractivity contribution is 0.712. The molecule has 108 valence electrons. The molecule has 0 aliphatic rings. The van der Waals surface area contributed by atoms with Crippen LogP contribution in [0.25, 0.3) is 0 Å². The van der Waals surface area contributed by atoms with E-state index in [4.69, 9.17) is 11.6 Å². The summed E-state index contributed by atoms with van der Waals surface area (Å²) in [7, 11) is 1.91. The second kappa shape index (κ2) is 6.17. The molecule has 0 aliphatic carbocycles. The lowest BCUT2D eigenvalue weighted by Gasteiger charge is -2.16. The second-order valence-electron chi connectivity index (χ2n) is 4.82. The summed E-state index contributed by atoms with van der Waals surface area (Å²) in [6.07, 6.45) is 3.47. The van der Waals surface area contributed by atoms with E-state index in [1.54, 1.807) is 6.33 Å². The van der Waals surface area contributed by atoms with Crippen LogP contribution in [0.3, 0.4) is 0 Å². The van der Waals surface area contributed by atoms with Crippen molar-refractivity contribution in [2.75, 3.05) is 5.32 Å². The van der Waals surface area contributed by atoms with E-state index in [0.29, 0.717) is 5.15 Å². The first-order chi connectivity index (χ1) is 9.52. The summed E-state index contributed by atoms with van der Waals surface area (Å²) in [5.41, 5.74) is 0.848. The second-order valence-corrected chi connectivity index (χ2v) is 5.18. The largest absolute Gasteiger partial charge is 0.360 e. The predicted octanol–water partition coefficient (Wildman–Crippen LogP) is 2.69. The van der Waals surface area contributed by atoms with Gasteiger partial charge in [0, 0.05) is 19.0 Å². The average molecular weight is 295 g/mol. The van der Waals surface area contributed by atoms with Crippen LogP contribution in [0.15, 0.2) is 6.33 Å². The Kier molecular flexibility index (Phi) is 4.54. The van der Waals surface area contributed by atoms with Gasteiger partial charge in [-0.05, 0) is 20.3 Å². The average Bonchev–Trinajstić information content (AvgIpc) is 2.82. The molecule has 2 aromatic heterocycles. The van der Waals surface area contributed by atoms with Crippen molar-refractivity contribution in [1.29, 1.82) is 0 Å². The van der Waals surface area contributed by atoms with Gasteiger partial charge in [0.15, 0.2) is 5.82 Å². The Balaban J connectivity index is 2.26. The fourth-order valence-electron chi connectivity index (χ4n) is 1.96. The Morgan fingerprint density at radius 3 is 2.75 bits per heavy atom. The molecule has 2 heterocycles. The summed E-state index contributed by atoms with van der Waals surface area (Å²) >= 11 is 6.17. The number of nitrogens with zero attached hydrogens (tertiary/aromatic N) is 5. The number of halogens is 1. The highest BCUT2D eigenvalue weighted by Crippen LogP contribution is 2.23. The van der Waals surface area contributed by atoms with Crippen LogP contribution in [0.2, 0.25) is 5.15 Å². The topological polar surface area (TPSA) is 68.5 Å². The molecule has 0 bridgehead atoms. The third-order valence-corrected chi connectivity index (χ3v) is 3.46. The van der Waals surface area contributed by atoms with Crippen LogP contribution in [0.1, 0.15) is 43.5 Å². The van der Waals surface area contributed by atoms with Crippen molar-refractivity contribution < 1.29 is 0 Å². The van der Waals surface area contributed by atoms with Crippen molar-refractivity contribution in [3.05, 3.63) is 28.7 Å². The third-order valence-electron chi connectivity index (χ3n) is 3.09. The number of anilines is 1. The standard InChI is InChI=1S/C13H19ClN6/c1-5-6-10-17-11(14)8(2)12(18-10)16-9(3)13-19-15-7-20(13)4/h7,9H,5-6H2,1-4H3,(H,16,17,18). The van der Waals surface area contributed by atoms with Gasteiger partial charge in [-0.1, -0.05) is 18.5 Å². The van der Waals surface area contributed by atoms with E-state index in [-0.39, 0.29) is 6.04 Å². The normalized spacial score (nSPS) is 12.4. The molecule has 0 spiro atoms. The van der Waals surface area contributed by atoms with Gasteiger partial charge >= 0.3 is 0 Å². The summed E-state index contributed by atoms with van der Waals surface area (Å²) in [4.78, 5) is 8.83. The quantitative estimate of drug-likeness (QED) is 0.859. The number of nitrogens with one attached hydrogen (secondary N) is 1. The maximum atomic E-state index is 6.17. The van der Waals surface area contributed by atoms with E-state index in [1.807, 2.05) is 25.5 Å². The minimum Gasteiger partial charge on any atom is -0.360 e. The van der Waals surface area contributed by atoms with E-state index >= 15 is 0 Å². The van der Waals surface area contributed by atoms with Crippen LogP contribution in [-0.4, -0.2) is 24.7 Å². The van der Waals surface area contributed by atoms with Gasteiger partial charge in [-0.15, -0.1) is 10.2 Å². The van der Waals surface area contributed by atoms with Gasteiger partial charge in [0.2, 0.25) is 0 Å². The van der Waals surface area contributed by atoms with E-state index in [0.717, 1.165) is 35.9 Å². The van der Waals surface area contributed by atoms with E-state index < -0.39 is 0 Å². The summed E-state index contributed by atoms with van der Waals surface area (Å²) in [5, 5.41) is 11.8. The van der Waals surface area contributed by atoms with Gasteiger partial charge in [0.05, 0.1) is 6.04 Å². The lowest BCUT2D eigenvalue weighted by atomic mass is 10.2. The molecular weight excluding hydrogens is 276 g/mol. The fraction of sp³-hybridized carbons (Fsp3) is 0.538. The number of aryl methyl sites for hydroxylation is 2. The van der Waals surface area contributed by atoms with Crippen molar-refractivity contribution in [3.8, 4) is 0 Å². The van der Waals surface area contributed by atoms with Crippen LogP contribution >= 0.6 is 11.6 Å². The predicted molar refractivity (Wildman–Crippen MR) is 78.8 cm³/mol. The molecule has 0 saturated carbocycles. The zero-order valence-electron chi connectivity index (χ0n) is 12.2. The lowest BCUT2D eigenvalue weighted by Crippen LogP contribution is -2.15. The van der Waals surface area contributed by atoms with Crippen LogP contribution in [-0.2, 0) is 13.5 Å². The first-order valence-electron chi connectivity index (χ1n) is 6.66. The molecule has 0 amide bonds. The smallest absolute Gasteiger partial charge is 0.154 e. The zero-order valence-corrected chi connectivity index (χ0v) is 12.9. The Bertz CT molecular complexity index is 595. The molecule has 1 N–H and O–H groups in total. The van der Waals surface area contributed by atoms with Crippen LogP contribution < -0.4 is 5.32 Å². The fourth-order valence-corrected chi connectivity index (χ4v) is 2.15. The van der Waals surface area contributed by atoms with Gasteiger partial charge in [-0.3, -0.25) is 0 Å². The number of rotatable bonds is 5. The number of hydrogen-bond acceptors (Lipinski definition) is 5. The number of aromatic nitrogens is 5. The molecule has 1 unspecified atom stereocenters. The molecule has 0 fully saturated rings. The minimum absolute atomic E-state index is 0.0124. The molecule has 6 nitrogen and oxygen atoms in total. The summed E-state index contributed by atoms with van der Waals surface area (Å²) in [6, 6.07) is -0.0124.